The molecule has 0 saturated heterocycles. The summed E-state index contributed by atoms with van der Waals surface area (Å²) in [6, 6.07) is 13.1. The van der Waals surface area contributed by atoms with Crippen molar-refractivity contribution in [2.75, 3.05) is 0 Å². The van der Waals surface area contributed by atoms with Crippen LogP contribution in [0.4, 0.5) is 0 Å². The van der Waals surface area contributed by atoms with Gasteiger partial charge in [0.05, 0.1) is 0 Å². The second kappa shape index (κ2) is 5.32. The highest BCUT2D eigenvalue weighted by atomic mass is 16.3. The molecule has 3 rings (SSSR count). The summed E-state index contributed by atoms with van der Waals surface area (Å²) < 4.78 is 5.66. The molecular formula is C17H14O4. The number of aromatic hydroxyl groups is 2. The molecule has 1 heterocycles. The van der Waals surface area contributed by atoms with E-state index in [1.54, 1.807) is 24.3 Å². The minimum atomic E-state index is -0.241. The van der Waals surface area contributed by atoms with Crippen LogP contribution in [0.1, 0.15) is 11.3 Å². The van der Waals surface area contributed by atoms with E-state index in [4.69, 9.17) is 4.42 Å². The van der Waals surface area contributed by atoms with Gasteiger partial charge >= 0.3 is 0 Å². The molecule has 1 aromatic heterocycles. The molecule has 0 saturated carbocycles. The summed E-state index contributed by atoms with van der Waals surface area (Å²) in [6.45, 7) is 0. The second-order valence-electron chi connectivity index (χ2n) is 4.89. The van der Waals surface area contributed by atoms with Crippen molar-refractivity contribution in [1.82, 2.24) is 0 Å². The van der Waals surface area contributed by atoms with Gasteiger partial charge in [-0.25, -0.2) is 0 Å². The highest BCUT2D eigenvalue weighted by Crippen LogP contribution is 2.22. The minimum Gasteiger partial charge on any atom is -0.508 e. The Bertz CT molecular complexity index is 832. The van der Waals surface area contributed by atoms with E-state index >= 15 is 0 Å². The molecule has 0 fully saturated rings. The first-order valence-electron chi connectivity index (χ1n) is 6.66. The Labute approximate surface area is 120 Å². The number of fused-ring (bicyclic) bond motifs is 1. The van der Waals surface area contributed by atoms with Crippen LogP contribution in [0, 0.1) is 0 Å². The van der Waals surface area contributed by atoms with Crippen molar-refractivity contribution in [3.05, 3.63) is 70.1 Å². The molecule has 0 radical (unpaired) electrons. The third-order valence-corrected chi connectivity index (χ3v) is 3.38. The quantitative estimate of drug-likeness (QED) is 0.774. The smallest absolute Gasteiger partial charge is 0.196 e. The van der Waals surface area contributed by atoms with Crippen molar-refractivity contribution < 1.29 is 14.6 Å². The Morgan fingerprint density at radius 1 is 0.952 bits per heavy atom. The Morgan fingerprint density at radius 2 is 1.71 bits per heavy atom. The fourth-order valence-electron chi connectivity index (χ4n) is 2.29. The van der Waals surface area contributed by atoms with Crippen LogP contribution in [0.5, 0.6) is 11.5 Å². The lowest BCUT2D eigenvalue weighted by Crippen LogP contribution is -2.03. The molecule has 0 atom stereocenters. The standard InChI is InChI=1S/C17H14O4/c18-12-7-4-11(5-8-12)6-9-13-10-15(20)17-14(19)2-1-3-16(17)21-13/h1-5,7-8,10,18-19H,6,9H2. The third kappa shape index (κ3) is 2.74. The van der Waals surface area contributed by atoms with Gasteiger partial charge < -0.3 is 14.6 Å². The summed E-state index contributed by atoms with van der Waals surface area (Å²) in [4.78, 5) is 12.0. The molecule has 0 aliphatic rings. The van der Waals surface area contributed by atoms with Crippen LogP contribution in [0.25, 0.3) is 11.0 Å². The van der Waals surface area contributed by atoms with Crippen LogP contribution in [0.2, 0.25) is 0 Å². The topological polar surface area (TPSA) is 70.7 Å². The predicted octanol–water partition coefficient (Wildman–Crippen LogP) is 2.99. The number of aryl methyl sites for hydroxylation is 2. The zero-order chi connectivity index (χ0) is 14.8. The monoisotopic (exact) mass is 282 g/mol. The van der Waals surface area contributed by atoms with Crippen molar-refractivity contribution in [3.63, 3.8) is 0 Å². The van der Waals surface area contributed by atoms with Crippen molar-refractivity contribution in [2.45, 2.75) is 12.8 Å². The molecule has 0 unspecified atom stereocenters. The van der Waals surface area contributed by atoms with Crippen LogP contribution in [0.15, 0.2) is 57.7 Å². The normalized spacial score (nSPS) is 10.9. The fraction of sp³-hybridized carbons (Fsp3) is 0.118. The van der Waals surface area contributed by atoms with Gasteiger partial charge in [-0.2, -0.15) is 0 Å². The van der Waals surface area contributed by atoms with E-state index in [0.717, 1.165) is 5.56 Å². The van der Waals surface area contributed by atoms with Gasteiger partial charge in [0, 0.05) is 12.5 Å². The molecule has 0 aliphatic heterocycles. The molecule has 2 N–H and O–H groups in total. The number of hydrogen-bond acceptors (Lipinski definition) is 4. The number of benzene rings is 2. The van der Waals surface area contributed by atoms with Gasteiger partial charge in [-0.3, -0.25) is 4.79 Å². The number of rotatable bonds is 3. The first-order valence-corrected chi connectivity index (χ1v) is 6.66. The lowest BCUT2D eigenvalue weighted by Gasteiger charge is -2.04. The zero-order valence-electron chi connectivity index (χ0n) is 11.2. The Morgan fingerprint density at radius 3 is 2.48 bits per heavy atom. The second-order valence-corrected chi connectivity index (χ2v) is 4.89. The molecule has 2 aromatic carbocycles. The highest BCUT2D eigenvalue weighted by molar-refractivity contribution is 5.82. The van der Waals surface area contributed by atoms with Crippen molar-refractivity contribution >= 4 is 11.0 Å². The van der Waals surface area contributed by atoms with Crippen LogP contribution in [-0.2, 0) is 12.8 Å². The Hall–Kier alpha value is -2.75. The molecule has 4 nitrogen and oxygen atoms in total. The molecule has 0 amide bonds. The van der Waals surface area contributed by atoms with E-state index in [-0.39, 0.29) is 22.3 Å². The predicted molar refractivity (Wildman–Crippen MR) is 79.7 cm³/mol. The Kier molecular flexibility index (Phi) is 3.36. The van der Waals surface area contributed by atoms with E-state index in [9.17, 15) is 15.0 Å². The zero-order valence-corrected chi connectivity index (χ0v) is 11.2. The van der Waals surface area contributed by atoms with Gasteiger partial charge in [0.25, 0.3) is 0 Å². The average Bonchev–Trinajstić information content (AvgIpc) is 2.46. The summed E-state index contributed by atoms with van der Waals surface area (Å²) in [5.74, 6) is 0.740. The number of phenols is 2. The molecule has 0 aliphatic carbocycles. The van der Waals surface area contributed by atoms with Crippen LogP contribution in [0.3, 0.4) is 0 Å². The Balaban J connectivity index is 1.88. The summed E-state index contributed by atoms with van der Waals surface area (Å²) in [5.41, 5.74) is 1.20. The third-order valence-electron chi connectivity index (χ3n) is 3.38. The SMILES string of the molecule is O=c1cc(CCc2ccc(O)cc2)oc2cccc(O)c12. The fourth-order valence-corrected chi connectivity index (χ4v) is 2.29. The van der Waals surface area contributed by atoms with Gasteiger partial charge in [-0.1, -0.05) is 18.2 Å². The van der Waals surface area contributed by atoms with E-state index < -0.39 is 0 Å². The summed E-state index contributed by atoms with van der Waals surface area (Å²) in [5, 5.41) is 19.1. The van der Waals surface area contributed by atoms with E-state index in [2.05, 4.69) is 0 Å². The van der Waals surface area contributed by atoms with Crippen molar-refractivity contribution in [3.8, 4) is 11.5 Å². The summed E-state index contributed by atoms with van der Waals surface area (Å²) >= 11 is 0. The van der Waals surface area contributed by atoms with E-state index in [1.165, 1.54) is 12.1 Å². The maximum atomic E-state index is 12.0. The van der Waals surface area contributed by atoms with Crippen molar-refractivity contribution in [2.24, 2.45) is 0 Å². The molecule has 3 aromatic rings. The minimum absolute atomic E-state index is 0.0636. The molecule has 21 heavy (non-hydrogen) atoms. The highest BCUT2D eigenvalue weighted by Gasteiger charge is 2.08. The maximum absolute atomic E-state index is 12.0. The largest absolute Gasteiger partial charge is 0.508 e. The van der Waals surface area contributed by atoms with Crippen LogP contribution >= 0.6 is 0 Å². The lowest BCUT2D eigenvalue weighted by molar-refractivity contribution is 0.475. The van der Waals surface area contributed by atoms with Gasteiger partial charge in [-0.15, -0.1) is 0 Å². The number of hydrogen-bond donors (Lipinski definition) is 2. The molecule has 0 bridgehead atoms. The first-order chi connectivity index (χ1) is 10.1. The van der Waals surface area contributed by atoms with Gasteiger partial charge in [-0.05, 0) is 36.2 Å². The van der Waals surface area contributed by atoms with Gasteiger partial charge in [0.2, 0.25) is 0 Å². The summed E-state index contributed by atoms with van der Waals surface area (Å²) in [6.07, 6.45) is 1.28. The van der Waals surface area contributed by atoms with E-state index in [0.29, 0.717) is 24.2 Å². The molecule has 106 valence electrons. The van der Waals surface area contributed by atoms with Gasteiger partial charge in [0.1, 0.15) is 28.2 Å². The number of phenolic OH excluding ortho intramolecular Hbond substituents is 2. The van der Waals surface area contributed by atoms with E-state index in [1.807, 2.05) is 12.1 Å². The lowest BCUT2D eigenvalue weighted by atomic mass is 10.1. The molecule has 0 spiro atoms. The average molecular weight is 282 g/mol. The first kappa shape index (κ1) is 13.2. The molecular weight excluding hydrogens is 268 g/mol. The van der Waals surface area contributed by atoms with Crippen molar-refractivity contribution in [1.29, 1.82) is 0 Å². The van der Waals surface area contributed by atoms with Gasteiger partial charge in [0.15, 0.2) is 5.43 Å². The maximum Gasteiger partial charge on any atom is 0.196 e. The molecule has 4 heteroatoms. The van der Waals surface area contributed by atoms with Crippen LogP contribution in [-0.4, -0.2) is 10.2 Å². The summed E-state index contributed by atoms with van der Waals surface area (Å²) in [7, 11) is 0. The van der Waals surface area contributed by atoms with Crippen LogP contribution < -0.4 is 5.43 Å².